The van der Waals surface area contributed by atoms with Gasteiger partial charge >= 0.3 is 5.97 Å². The van der Waals surface area contributed by atoms with Crippen LogP contribution in [0.1, 0.15) is 39.2 Å². The molecule has 0 spiro atoms. The van der Waals surface area contributed by atoms with E-state index in [0.29, 0.717) is 19.4 Å². The van der Waals surface area contributed by atoms with Crippen LogP contribution in [0.5, 0.6) is 5.75 Å². The zero-order valence-electron chi connectivity index (χ0n) is 14.1. The Hall–Kier alpha value is -1.20. The Labute approximate surface area is 138 Å². The molecule has 0 aliphatic rings. The Balaban J connectivity index is 0.00000211. The van der Waals surface area contributed by atoms with Crippen molar-refractivity contribution in [3.05, 3.63) is 29.8 Å². The number of thioether (sulfide) groups is 1. The van der Waals surface area contributed by atoms with Crippen molar-refractivity contribution >= 4 is 17.7 Å². The van der Waals surface area contributed by atoms with E-state index in [1.807, 2.05) is 32.9 Å². The molecule has 0 fully saturated rings. The minimum Gasteiger partial charge on any atom is -0.497 e. The van der Waals surface area contributed by atoms with Crippen molar-refractivity contribution in [2.24, 2.45) is 5.73 Å². The summed E-state index contributed by atoms with van der Waals surface area (Å²) in [6, 6.07) is 8.04. The van der Waals surface area contributed by atoms with E-state index in [-0.39, 0.29) is 12.0 Å². The monoisotopic (exact) mass is 327 g/mol. The van der Waals surface area contributed by atoms with E-state index in [4.69, 9.17) is 15.2 Å². The van der Waals surface area contributed by atoms with Crippen LogP contribution < -0.4 is 10.5 Å². The second-order valence-electron chi connectivity index (χ2n) is 4.47. The van der Waals surface area contributed by atoms with Crippen LogP contribution in [0.25, 0.3) is 0 Å². The number of nitrogens with two attached hydrogens (primary N) is 1. The van der Waals surface area contributed by atoms with Gasteiger partial charge in [-0.05, 0) is 31.0 Å². The first-order chi connectivity index (χ1) is 10.7. The highest BCUT2D eigenvalue weighted by Gasteiger charge is 2.08. The summed E-state index contributed by atoms with van der Waals surface area (Å²) < 4.78 is 9.99. The van der Waals surface area contributed by atoms with Gasteiger partial charge in [-0.1, -0.05) is 26.0 Å². The fourth-order valence-corrected chi connectivity index (χ4v) is 2.69. The average Bonchev–Trinajstić information content (AvgIpc) is 2.56. The number of carbonyl (C=O) groups excluding carboxylic acids is 1. The third-order valence-corrected chi connectivity index (χ3v) is 3.99. The predicted molar refractivity (Wildman–Crippen MR) is 94.3 cm³/mol. The molecule has 0 bridgehead atoms. The molecule has 5 heteroatoms. The molecule has 4 nitrogen and oxygen atoms in total. The van der Waals surface area contributed by atoms with Crippen molar-refractivity contribution in [1.29, 1.82) is 0 Å². The fourth-order valence-electron chi connectivity index (χ4n) is 1.67. The summed E-state index contributed by atoms with van der Waals surface area (Å²) in [5, 5.41) is 0. The van der Waals surface area contributed by atoms with Crippen LogP contribution in [0.15, 0.2) is 24.3 Å². The lowest BCUT2D eigenvalue weighted by molar-refractivity contribution is -0.143. The smallest absolute Gasteiger partial charge is 0.305 e. The number of hydrogen-bond acceptors (Lipinski definition) is 5. The lowest BCUT2D eigenvalue weighted by atomic mass is 10.2. The van der Waals surface area contributed by atoms with E-state index in [2.05, 4.69) is 12.1 Å². The van der Waals surface area contributed by atoms with Gasteiger partial charge in [0.05, 0.1) is 13.7 Å². The highest BCUT2D eigenvalue weighted by Crippen LogP contribution is 2.17. The third kappa shape index (κ3) is 9.68. The van der Waals surface area contributed by atoms with E-state index >= 15 is 0 Å². The van der Waals surface area contributed by atoms with E-state index in [0.717, 1.165) is 17.3 Å². The predicted octanol–water partition coefficient (Wildman–Crippen LogP) is 3.63. The molecule has 0 aliphatic heterocycles. The minimum absolute atomic E-state index is 0.0302. The van der Waals surface area contributed by atoms with Crippen molar-refractivity contribution in [1.82, 2.24) is 0 Å². The standard InChI is InChI=1S/C15H23NO3S.C2H6/c1-3-19-15(17)9-6-13(16)11-20-10-12-4-7-14(18-2)8-5-12;1-2/h4-5,7-8,13H,3,6,9-11,16H2,1-2H3;1-2H3. The summed E-state index contributed by atoms with van der Waals surface area (Å²) in [5.74, 6) is 2.45. The Morgan fingerprint density at radius 3 is 2.45 bits per heavy atom. The normalized spacial score (nSPS) is 11.1. The number of ether oxygens (including phenoxy) is 2. The third-order valence-electron chi connectivity index (χ3n) is 2.78. The summed E-state index contributed by atoms with van der Waals surface area (Å²) in [6.45, 7) is 6.24. The summed E-state index contributed by atoms with van der Waals surface area (Å²) in [7, 11) is 1.66. The minimum atomic E-state index is -0.164. The lowest BCUT2D eigenvalue weighted by Gasteiger charge is -2.11. The van der Waals surface area contributed by atoms with Crippen LogP contribution in [0.3, 0.4) is 0 Å². The molecule has 0 saturated carbocycles. The molecular weight excluding hydrogens is 298 g/mol. The second-order valence-corrected chi connectivity index (χ2v) is 5.50. The van der Waals surface area contributed by atoms with Crippen LogP contribution in [0, 0.1) is 0 Å². The molecule has 0 aliphatic carbocycles. The maximum atomic E-state index is 11.2. The summed E-state index contributed by atoms with van der Waals surface area (Å²) in [4.78, 5) is 11.2. The highest BCUT2D eigenvalue weighted by atomic mass is 32.2. The van der Waals surface area contributed by atoms with Gasteiger partial charge in [-0.25, -0.2) is 0 Å². The Morgan fingerprint density at radius 1 is 1.27 bits per heavy atom. The average molecular weight is 327 g/mol. The zero-order valence-corrected chi connectivity index (χ0v) is 14.9. The van der Waals surface area contributed by atoms with Crippen molar-refractivity contribution in [3.63, 3.8) is 0 Å². The number of esters is 1. The molecule has 22 heavy (non-hydrogen) atoms. The molecule has 1 aromatic carbocycles. The summed E-state index contributed by atoms with van der Waals surface area (Å²) in [5.41, 5.74) is 7.22. The van der Waals surface area contributed by atoms with Gasteiger partial charge in [0.25, 0.3) is 0 Å². The van der Waals surface area contributed by atoms with Gasteiger partial charge in [0.1, 0.15) is 5.75 Å². The molecule has 0 radical (unpaired) electrons. The number of methoxy groups -OCH3 is 1. The van der Waals surface area contributed by atoms with Crippen LogP contribution in [0.4, 0.5) is 0 Å². The van der Waals surface area contributed by atoms with Gasteiger partial charge in [0.2, 0.25) is 0 Å². The van der Waals surface area contributed by atoms with E-state index in [1.165, 1.54) is 5.56 Å². The fraction of sp³-hybridized carbons (Fsp3) is 0.588. The van der Waals surface area contributed by atoms with Gasteiger partial charge in [-0.2, -0.15) is 11.8 Å². The van der Waals surface area contributed by atoms with Crippen LogP contribution in [-0.4, -0.2) is 31.5 Å². The van der Waals surface area contributed by atoms with Crippen molar-refractivity contribution in [3.8, 4) is 5.75 Å². The van der Waals surface area contributed by atoms with Crippen molar-refractivity contribution in [2.45, 2.75) is 45.4 Å². The first-order valence-corrected chi connectivity index (χ1v) is 8.93. The summed E-state index contributed by atoms with van der Waals surface area (Å²) >= 11 is 1.77. The molecule has 126 valence electrons. The number of rotatable bonds is 9. The van der Waals surface area contributed by atoms with E-state index in [9.17, 15) is 4.79 Å². The van der Waals surface area contributed by atoms with Crippen LogP contribution in [-0.2, 0) is 15.3 Å². The largest absolute Gasteiger partial charge is 0.497 e. The van der Waals surface area contributed by atoms with Gasteiger partial charge in [-0.3, -0.25) is 4.79 Å². The van der Waals surface area contributed by atoms with Gasteiger partial charge in [-0.15, -0.1) is 0 Å². The van der Waals surface area contributed by atoms with Gasteiger partial charge in [0, 0.05) is 24.0 Å². The quantitative estimate of drug-likeness (QED) is 0.702. The molecule has 0 amide bonds. The molecular formula is C17H29NO3S. The van der Waals surface area contributed by atoms with Crippen molar-refractivity contribution in [2.75, 3.05) is 19.5 Å². The Bertz CT molecular complexity index is 395. The van der Waals surface area contributed by atoms with E-state index < -0.39 is 0 Å². The van der Waals surface area contributed by atoms with E-state index in [1.54, 1.807) is 18.9 Å². The number of hydrogen-bond donors (Lipinski definition) is 1. The highest BCUT2D eigenvalue weighted by molar-refractivity contribution is 7.98. The molecule has 0 heterocycles. The van der Waals surface area contributed by atoms with Crippen molar-refractivity contribution < 1.29 is 14.3 Å². The maximum absolute atomic E-state index is 11.2. The first kappa shape index (κ1) is 20.8. The second kappa shape index (κ2) is 13.5. The lowest BCUT2D eigenvalue weighted by Crippen LogP contribution is -2.24. The zero-order chi connectivity index (χ0) is 16.8. The number of benzene rings is 1. The van der Waals surface area contributed by atoms with Gasteiger partial charge < -0.3 is 15.2 Å². The molecule has 1 rings (SSSR count). The molecule has 1 aromatic rings. The summed E-state index contributed by atoms with van der Waals surface area (Å²) in [6.07, 6.45) is 1.08. The molecule has 1 atom stereocenters. The van der Waals surface area contributed by atoms with Crippen LogP contribution in [0.2, 0.25) is 0 Å². The topological polar surface area (TPSA) is 61.5 Å². The van der Waals surface area contributed by atoms with Crippen LogP contribution >= 0.6 is 11.8 Å². The maximum Gasteiger partial charge on any atom is 0.305 e. The Kier molecular flexibility index (Phi) is 12.7. The SMILES string of the molecule is CC.CCOC(=O)CCC(N)CSCc1ccc(OC)cc1. The van der Waals surface area contributed by atoms with Gasteiger partial charge in [0.15, 0.2) is 0 Å². The number of carbonyl (C=O) groups is 1. The first-order valence-electron chi connectivity index (χ1n) is 7.77. The molecule has 1 unspecified atom stereocenters. The molecule has 0 saturated heterocycles. The molecule has 2 N–H and O–H groups in total. The Morgan fingerprint density at radius 2 is 1.91 bits per heavy atom. The molecule has 0 aromatic heterocycles.